The molecule has 0 N–H and O–H groups in total. The summed E-state index contributed by atoms with van der Waals surface area (Å²) in [7, 11) is -2.62. The number of aromatic nitrogens is 3. The zero-order valence-corrected chi connectivity index (χ0v) is 19.3. The van der Waals surface area contributed by atoms with Gasteiger partial charge in [0.2, 0.25) is 0 Å². The molecule has 0 bridgehead atoms. The zero-order chi connectivity index (χ0) is 26.1. The molecule has 14 heteroatoms. The molecule has 2 heterocycles. The smallest absolute Gasteiger partial charge is 0.459 e. The highest BCUT2D eigenvalue weighted by Gasteiger charge is 2.60. The summed E-state index contributed by atoms with van der Waals surface area (Å²) < 4.78 is 97.6. The van der Waals surface area contributed by atoms with Gasteiger partial charge in [-0.3, -0.25) is 4.99 Å². The highest BCUT2D eigenvalue weighted by molar-refractivity contribution is 7.91. The van der Waals surface area contributed by atoms with Crippen LogP contribution in [-0.4, -0.2) is 53.1 Å². The average Bonchev–Trinajstić information content (AvgIpc) is 3.10. The maximum atomic E-state index is 13.7. The minimum atomic E-state index is -5.91. The summed E-state index contributed by atoms with van der Waals surface area (Å²) in [6.45, 7) is 7.05. The lowest BCUT2D eigenvalue weighted by Gasteiger charge is -2.19. The molecule has 0 unspecified atom stereocenters. The first-order valence-electron chi connectivity index (χ1n) is 9.49. The lowest BCUT2D eigenvalue weighted by atomic mass is 10.2. The summed E-state index contributed by atoms with van der Waals surface area (Å²) in [6, 6.07) is 3.03. The third-order valence-corrected chi connectivity index (χ3v) is 6.20. The van der Waals surface area contributed by atoms with Gasteiger partial charge in [-0.15, -0.1) is 0 Å². The SMILES string of the molecule is C=N/C(=C\c1nc(-c2ncc(OC(C)(C)C#N)cc2S(=O)(=O)CC)cn1C)C(F)(F)C(F)(F)F. The van der Waals surface area contributed by atoms with Gasteiger partial charge in [0, 0.05) is 25.4 Å². The van der Waals surface area contributed by atoms with Gasteiger partial charge in [0.1, 0.15) is 34.7 Å². The molecule has 2 aromatic heterocycles. The van der Waals surface area contributed by atoms with Crippen LogP contribution in [0.1, 0.15) is 26.6 Å². The Morgan fingerprint density at radius 2 is 1.94 bits per heavy atom. The number of rotatable bonds is 8. The molecule has 0 amide bonds. The Morgan fingerprint density at radius 3 is 2.44 bits per heavy atom. The minimum Gasteiger partial charge on any atom is -0.471 e. The number of alkyl halides is 5. The number of nitriles is 1. The molecule has 0 radical (unpaired) electrons. The van der Waals surface area contributed by atoms with Crippen molar-refractivity contribution >= 4 is 22.6 Å². The number of nitrogens with zero attached hydrogens (tertiary/aromatic N) is 5. The van der Waals surface area contributed by atoms with Crippen LogP contribution >= 0.6 is 0 Å². The highest BCUT2D eigenvalue weighted by atomic mass is 32.2. The lowest BCUT2D eigenvalue weighted by molar-refractivity contribution is -0.264. The van der Waals surface area contributed by atoms with Gasteiger partial charge in [0.05, 0.1) is 16.8 Å². The van der Waals surface area contributed by atoms with Crippen LogP contribution < -0.4 is 4.74 Å². The number of sulfone groups is 1. The van der Waals surface area contributed by atoms with E-state index in [1.54, 1.807) is 0 Å². The van der Waals surface area contributed by atoms with Crippen LogP contribution in [0, 0.1) is 11.3 Å². The monoisotopic (exact) mass is 505 g/mol. The standard InChI is InChI=1S/C20H20F5N5O3S/c1-6-34(31,32)14-7-12(33-18(2,3)11-26)9-28-17(14)13-10-30(5)16(29-13)8-15(27-4)19(21,22)20(23,24)25/h7-10H,4,6H2,1-3,5H3/b15-8-. The van der Waals surface area contributed by atoms with E-state index in [0.29, 0.717) is 6.08 Å². The Hall–Kier alpha value is -3.34. The Labute approximate surface area is 192 Å². The van der Waals surface area contributed by atoms with Crippen molar-refractivity contribution in [2.75, 3.05) is 5.75 Å². The normalized spacial score (nSPS) is 13.5. The number of hydrogen-bond acceptors (Lipinski definition) is 7. The second-order valence-corrected chi connectivity index (χ2v) is 9.75. The van der Waals surface area contributed by atoms with Crippen LogP contribution in [0.4, 0.5) is 22.0 Å². The molecule has 2 aromatic rings. The third kappa shape index (κ3) is 5.41. The van der Waals surface area contributed by atoms with Crippen LogP contribution in [0.5, 0.6) is 5.75 Å². The lowest BCUT2D eigenvalue weighted by Crippen LogP contribution is -2.37. The van der Waals surface area contributed by atoms with Gasteiger partial charge in [0.15, 0.2) is 15.4 Å². The fraction of sp³-hybridized carbons (Fsp3) is 0.400. The molecule has 0 saturated carbocycles. The van der Waals surface area contributed by atoms with Crippen LogP contribution in [0.2, 0.25) is 0 Å². The molecule has 184 valence electrons. The predicted octanol–water partition coefficient (Wildman–Crippen LogP) is 4.20. The summed E-state index contributed by atoms with van der Waals surface area (Å²) in [6.07, 6.45) is -3.17. The Kier molecular flexibility index (Phi) is 7.22. The van der Waals surface area contributed by atoms with Crippen LogP contribution in [0.3, 0.4) is 0 Å². The molecule has 0 aromatic carbocycles. The molecule has 0 saturated heterocycles. The van der Waals surface area contributed by atoms with Crippen molar-refractivity contribution in [3.63, 3.8) is 0 Å². The fourth-order valence-electron chi connectivity index (χ4n) is 2.62. The van der Waals surface area contributed by atoms with Gasteiger partial charge < -0.3 is 9.30 Å². The molecule has 8 nitrogen and oxygen atoms in total. The Morgan fingerprint density at radius 1 is 1.32 bits per heavy atom. The first kappa shape index (κ1) is 26.9. The Balaban J connectivity index is 2.67. The molecule has 0 atom stereocenters. The minimum absolute atomic E-state index is 0.0265. The number of aryl methyl sites for hydroxylation is 1. The van der Waals surface area contributed by atoms with Gasteiger partial charge >= 0.3 is 12.1 Å². The molecule has 0 aliphatic rings. The van der Waals surface area contributed by atoms with E-state index in [0.717, 1.165) is 16.8 Å². The first-order valence-corrected chi connectivity index (χ1v) is 11.1. The van der Waals surface area contributed by atoms with E-state index < -0.39 is 33.2 Å². The van der Waals surface area contributed by atoms with E-state index in [2.05, 4.69) is 21.7 Å². The molecule has 0 spiro atoms. The van der Waals surface area contributed by atoms with Gasteiger partial charge in [-0.1, -0.05) is 6.92 Å². The number of allylic oxidation sites excluding steroid dienone is 1. The number of aliphatic imine (C=N–C) groups is 1. The number of imidazole rings is 1. The Bertz CT molecular complexity index is 1270. The third-order valence-electron chi connectivity index (χ3n) is 4.45. The van der Waals surface area contributed by atoms with Crippen molar-refractivity contribution in [3.8, 4) is 23.2 Å². The van der Waals surface area contributed by atoms with E-state index in [1.165, 1.54) is 34.0 Å². The summed E-state index contributed by atoms with van der Waals surface area (Å²) in [5, 5.41) is 9.13. The van der Waals surface area contributed by atoms with Crippen molar-refractivity contribution in [2.45, 2.75) is 43.4 Å². The van der Waals surface area contributed by atoms with Crippen molar-refractivity contribution in [2.24, 2.45) is 12.0 Å². The molecular formula is C20H20F5N5O3S. The van der Waals surface area contributed by atoms with Crippen LogP contribution in [-0.2, 0) is 16.9 Å². The topological polar surface area (TPSA) is 110 Å². The molecule has 34 heavy (non-hydrogen) atoms. The van der Waals surface area contributed by atoms with Crippen molar-refractivity contribution < 1.29 is 35.1 Å². The first-order chi connectivity index (χ1) is 15.5. The maximum absolute atomic E-state index is 13.7. The molecule has 0 aliphatic heterocycles. The highest BCUT2D eigenvalue weighted by Crippen LogP contribution is 2.42. The number of ether oxygens (including phenoxy) is 1. The van der Waals surface area contributed by atoms with E-state index in [1.807, 2.05) is 6.07 Å². The number of pyridine rings is 1. The van der Waals surface area contributed by atoms with Crippen molar-refractivity contribution in [3.05, 3.63) is 30.0 Å². The molecule has 0 fully saturated rings. The average molecular weight is 505 g/mol. The van der Waals surface area contributed by atoms with Gasteiger partial charge in [0.25, 0.3) is 0 Å². The van der Waals surface area contributed by atoms with E-state index >= 15 is 0 Å². The quantitative estimate of drug-likeness (QED) is 0.393. The summed E-state index contributed by atoms with van der Waals surface area (Å²) in [5.74, 6) is -6.04. The van der Waals surface area contributed by atoms with E-state index in [4.69, 9.17) is 10.00 Å². The van der Waals surface area contributed by atoms with Gasteiger partial charge in [-0.05, 0) is 20.6 Å². The van der Waals surface area contributed by atoms with E-state index in [-0.39, 0.29) is 33.6 Å². The summed E-state index contributed by atoms with van der Waals surface area (Å²) >= 11 is 0. The second kappa shape index (κ2) is 9.13. The largest absolute Gasteiger partial charge is 0.471 e. The van der Waals surface area contributed by atoms with Crippen LogP contribution in [0.15, 0.2) is 34.0 Å². The molecule has 0 aliphatic carbocycles. The zero-order valence-electron chi connectivity index (χ0n) is 18.5. The maximum Gasteiger partial charge on any atom is 0.459 e. The van der Waals surface area contributed by atoms with Gasteiger partial charge in [-0.25, -0.2) is 18.4 Å². The molecule has 2 rings (SSSR count). The number of halogens is 5. The fourth-order valence-corrected chi connectivity index (χ4v) is 3.68. The predicted molar refractivity (Wildman–Crippen MR) is 113 cm³/mol. The number of hydrogen-bond donors (Lipinski definition) is 0. The summed E-state index contributed by atoms with van der Waals surface area (Å²) in [5.41, 5.74) is -3.28. The van der Waals surface area contributed by atoms with Crippen molar-refractivity contribution in [1.82, 2.24) is 14.5 Å². The van der Waals surface area contributed by atoms with E-state index in [9.17, 15) is 30.4 Å². The van der Waals surface area contributed by atoms with Crippen molar-refractivity contribution in [1.29, 1.82) is 5.26 Å². The van der Waals surface area contributed by atoms with Crippen LogP contribution in [0.25, 0.3) is 17.5 Å². The summed E-state index contributed by atoms with van der Waals surface area (Å²) in [4.78, 5) is 10.5. The second-order valence-electron chi connectivity index (χ2n) is 7.50. The molecular weight excluding hydrogens is 485 g/mol. The van der Waals surface area contributed by atoms with Gasteiger partial charge in [-0.2, -0.15) is 27.2 Å².